The molecule has 0 fully saturated rings. The van der Waals surface area contributed by atoms with Crippen LogP contribution in [0, 0.1) is 0 Å². The molecule has 0 spiro atoms. The molecule has 2 rings (SSSR count). The van der Waals surface area contributed by atoms with Gasteiger partial charge in [-0.3, -0.25) is 4.79 Å². The van der Waals surface area contributed by atoms with Crippen LogP contribution in [0.5, 0.6) is 0 Å². The Morgan fingerprint density at radius 2 is 1.33 bits per heavy atom. The van der Waals surface area contributed by atoms with Crippen LogP contribution < -0.4 is 5.84 Å². The Morgan fingerprint density at radius 1 is 0.889 bits per heavy atom. The number of thiocarbonyl (C=S) groups is 1. The molecule has 0 saturated carbocycles. The number of hydrogen-bond donors (Lipinski definition) is 1. The van der Waals surface area contributed by atoms with Gasteiger partial charge in [0.05, 0.1) is 0 Å². The maximum atomic E-state index is 12.1. The number of rotatable bonds is 2. The third-order valence-corrected chi connectivity index (χ3v) is 2.91. The molecule has 18 heavy (non-hydrogen) atoms. The first-order valence-electron chi connectivity index (χ1n) is 5.44. The molecule has 3 nitrogen and oxygen atoms in total. The lowest BCUT2D eigenvalue weighted by Gasteiger charge is -2.17. The summed E-state index contributed by atoms with van der Waals surface area (Å²) in [6.45, 7) is 0. The molecule has 0 saturated heterocycles. The molecule has 0 unspecified atom stereocenters. The lowest BCUT2D eigenvalue weighted by molar-refractivity contribution is 0.0850. The summed E-state index contributed by atoms with van der Waals surface area (Å²) in [4.78, 5) is 12.4. The largest absolute Gasteiger partial charge is 0.273 e. The molecule has 2 N–H and O–H groups in total. The number of benzene rings is 2. The Kier molecular flexibility index (Phi) is 3.82. The zero-order chi connectivity index (χ0) is 13.0. The number of carbonyl (C=O) groups is 1. The van der Waals surface area contributed by atoms with E-state index in [0.29, 0.717) is 10.6 Å². The van der Waals surface area contributed by atoms with E-state index < -0.39 is 0 Å². The van der Waals surface area contributed by atoms with E-state index in [0.717, 1.165) is 10.6 Å². The van der Waals surface area contributed by atoms with Crippen molar-refractivity contribution < 1.29 is 4.79 Å². The van der Waals surface area contributed by atoms with Gasteiger partial charge in [0, 0.05) is 11.1 Å². The Hall–Kier alpha value is -2.04. The summed E-state index contributed by atoms with van der Waals surface area (Å²) in [5.41, 5.74) is 1.26. The minimum absolute atomic E-state index is 0.310. The van der Waals surface area contributed by atoms with Crippen LogP contribution >= 0.6 is 12.2 Å². The minimum atomic E-state index is -0.315. The fraction of sp³-hybridized carbons (Fsp3) is 0. The third-order valence-electron chi connectivity index (χ3n) is 2.48. The Morgan fingerprint density at radius 3 is 1.83 bits per heavy atom. The molecule has 2 aromatic carbocycles. The van der Waals surface area contributed by atoms with Crippen molar-refractivity contribution in [3.8, 4) is 0 Å². The lowest BCUT2D eigenvalue weighted by Crippen LogP contribution is -2.42. The lowest BCUT2D eigenvalue weighted by atomic mass is 10.2. The summed E-state index contributed by atoms with van der Waals surface area (Å²) in [5.74, 6) is 5.45. The van der Waals surface area contributed by atoms with Gasteiger partial charge in [-0.1, -0.05) is 60.7 Å². The number of nitrogens with zero attached hydrogens (tertiary/aromatic N) is 1. The first-order valence-corrected chi connectivity index (χ1v) is 5.84. The van der Waals surface area contributed by atoms with E-state index in [-0.39, 0.29) is 5.91 Å². The molecule has 0 bridgehead atoms. The molecule has 0 aliphatic rings. The van der Waals surface area contributed by atoms with Crippen molar-refractivity contribution in [2.75, 3.05) is 0 Å². The molecule has 0 atom stereocenters. The Bertz CT molecular complexity index is 503. The second-order valence-electron chi connectivity index (χ2n) is 3.71. The van der Waals surface area contributed by atoms with E-state index in [1.54, 1.807) is 24.3 Å². The van der Waals surface area contributed by atoms with Crippen molar-refractivity contribution in [1.29, 1.82) is 0 Å². The van der Waals surface area contributed by atoms with Crippen LogP contribution in [0.15, 0.2) is 60.7 Å². The highest BCUT2D eigenvalue weighted by atomic mass is 32.1. The van der Waals surface area contributed by atoms with Gasteiger partial charge in [-0.05, 0) is 12.1 Å². The van der Waals surface area contributed by atoms with Crippen LogP contribution in [0.2, 0.25) is 0 Å². The van der Waals surface area contributed by atoms with Crippen LogP contribution in [0.3, 0.4) is 0 Å². The first kappa shape index (κ1) is 12.4. The van der Waals surface area contributed by atoms with Gasteiger partial charge in [-0.2, -0.15) is 0 Å². The fourth-order valence-corrected chi connectivity index (χ4v) is 1.75. The van der Waals surface area contributed by atoms with E-state index in [1.807, 2.05) is 36.4 Å². The van der Waals surface area contributed by atoms with E-state index in [4.69, 9.17) is 18.1 Å². The summed E-state index contributed by atoms with van der Waals surface area (Å²) in [5, 5.41) is 1.000. The van der Waals surface area contributed by atoms with Gasteiger partial charge in [0.1, 0.15) is 4.99 Å². The van der Waals surface area contributed by atoms with Crippen molar-refractivity contribution >= 4 is 23.1 Å². The monoisotopic (exact) mass is 256 g/mol. The number of nitrogens with two attached hydrogens (primary N) is 1. The molecule has 90 valence electrons. The molecule has 1 amide bonds. The zero-order valence-electron chi connectivity index (χ0n) is 9.61. The van der Waals surface area contributed by atoms with Crippen molar-refractivity contribution in [1.82, 2.24) is 5.01 Å². The minimum Gasteiger partial charge on any atom is -0.267 e. The quantitative estimate of drug-likeness (QED) is 0.388. The highest BCUT2D eigenvalue weighted by molar-refractivity contribution is 7.80. The van der Waals surface area contributed by atoms with Gasteiger partial charge in [-0.25, -0.2) is 10.9 Å². The second-order valence-corrected chi connectivity index (χ2v) is 4.10. The van der Waals surface area contributed by atoms with Crippen LogP contribution in [0.4, 0.5) is 0 Å². The van der Waals surface area contributed by atoms with Gasteiger partial charge in [0.25, 0.3) is 5.91 Å². The standard InChI is InChI=1S/C14H12N2OS/c15-16(13(17)11-7-3-1-4-8-11)14(18)12-9-5-2-6-10-12/h1-10H,15H2. The first-order chi connectivity index (χ1) is 8.70. The molecule has 2 aromatic rings. The molecule has 0 heterocycles. The summed E-state index contributed by atoms with van der Waals surface area (Å²) in [6, 6.07) is 18.0. The average Bonchev–Trinajstić information content (AvgIpc) is 2.47. The summed E-state index contributed by atoms with van der Waals surface area (Å²) >= 11 is 5.20. The van der Waals surface area contributed by atoms with Crippen molar-refractivity contribution in [2.24, 2.45) is 5.84 Å². The molecular weight excluding hydrogens is 244 g/mol. The molecule has 0 aliphatic carbocycles. The fourth-order valence-electron chi connectivity index (χ4n) is 1.53. The zero-order valence-corrected chi connectivity index (χ0v) is 10.4. The van der Waals surface area contributed by atoms with Crippen LogP contribution in [0.25, 0.3) is 0 Å². The molecule has 4 heteroatoms. The van der Waals surface area contributed by atoms with Gasteiger partial charge in [0.15, 0.2) is 0 Å². The SMILES string of the molecule is NN(C(=O)c1ccccc1)C(=S)c1ccccc1. The third kappa shape index (κ3) is 2.61. The average molecular weight is 256 g/mol. The van der Waals surface area contributed by atoms with E-state index in [2.05, 4.69) is 0 Å². The molecule has 0 radical (unpaired) electrons. The second kappa shape index (κ2) is 5.53. The van der Waals surface area contributed by atoms with E-state index in [9.17, 15) is 4.79 Å². The van der Waals surface area contributed by atoms with Crippen molar-refractivity contribution in [3.63, 3.8) is 0 Å². The summed E-state index contributed by atoms with van der Waals surface area (Å²) in [7, 11) is 0. The maximum Gasteiger partial charge on any atom is 0.273 e. The van der Waals surface area contributed by atoms with Gasteiger partial charge >= 0.3 is 0 Å². The summed E-state index contributed by atoms with van der Waals surface area (Å²) in [6.07, 6.45) is 0. The van der Waals surface area contributed by atoms with Crippen molar-refractivity contribution in [3.05, 3.63) is 71.8 Å². The smallest absolute Gasteiger partial charge is 0.267 e. The Labute approximate surface area is 111 Å². The number of hydrazine groups is 1. The maximum absolute atomic E-state index is 12.1. The van der Waals surface area contributed by atoms with Crippen LogP contribution in [-0.4, -0.2) is 15.9 Å². The highest BCUT2D eigenvalue weighted by Gasteiger charge is 2.17. The highest BCUT2D eigenvalue weighted by Crippen LogP contribution is 2.08. The van der Waals surface area contributed by atoms with Crippen LogP contribution in [0.1, 0.15) is 15.9 Å². The predicted molar refractivity (Wildman–Crippen MR) is 74.9 cm³/mol. The number of carbonyl (C=O) groups excluding carboxylic acids is 1. The molecule has 0 aromatic heterocycles. The van der Waals surface area contributed by atoms with Gasteiger partial charge in [0.2, 0.25) is 0 Å². The van der Waals surface area contributed by atoms with Crippen molar-refractivity contribution in [2.45, 2.75) is 0 Å². The van der Waals surface area contributed by atoms with E-state index >= 15 is 0 Å². The van der Waals surface area contributed by atoms with Crippen LogP contribution in [-0.2, 0) is 0 Å². The van der Waals surface area contributed by atoms with Gasteiger partial charge in [-0.15, -0.1) is 0 Å². The van der Waals surface area contributed by atoms with E-state index in [1.165, 1.54) is 0 Å². The predicted octanol–water partition coefficient (Wildman–Crippen LogP) is 2.38. The normalized spacial score (nSPS) is 9.83. The van der Waals surface area contributed by atoms with Gasteiger partial charge < -0.3 is 0 Å². The molecular formula is C14H12N2OS. The summed E-state index contributed by atoms with van der Waals surface area (Å²) < 4.78 is 0. The number of hydrogen-bond acceptors (Lipinski definition) is 3. The number of amides is 1. The Balaban J connectivity index is 2.20. The molecule has 0 aliphatic heterocycles. The topological polar surface area (TPSA) is 46.3 Å².